The van der Waals surface area contributed by atoms with Crippen molar-refractivity contribution in [1.29, 1.82) is 0 Å². The first-order valence-corrected chi connectivity index (χ1v) is 7.91. The minimum absolute atomic E-state index is 0.00288. The minimum atomic E-state index is -0.834. The molecule has 1 atom stereocenters. The van der Waals surface area contributed by atoms with Crippen LogP contribution in [-0.4, -0.2) is 26.8 Å². The van der Waals surface area contributed by atoms with E-state index in [4.69, 9.17) is 11.5 Å². The summed E-state index contributed by atoms with van der Waals surface area (Å²) in [6.07, 6.45) is 2.48. The van der Waals surface area contributed by atoms with E-state index in [9.17, 15) is 14.7 Å². The Kier molecular flexibility index (Phi) is 4.24. The third-order valence-corrected chi connectivity index (χ3v) is 4.38. The van der Waals surface area contributed by atoms with Crippen LogP contribution in [0, 0.1) is 0 Å². The van der Waals surface area contributed by atoms with Gasteiger partial charge in [0.2, 0.25) is 5.91 Å². The van der Waals surface area contributed by atoms with Gasteiger partial charge in [-0.05, 0) is 37.3 Å². The fourth-order valence-electron chi connectivity index (χ4n) is 3.41. The van der Waals surface area contributed by atoms with Gasteiger partial charge in [-0.1, -0.05) is 12.1 Å². The zero-order valence-corrected chi connectivity index (χ0v) is 13.2. The van der Waals surface area contributed by atoms with Crippen molar-refractivity contribution in [1.82, 2.24) is 9.78 Å². The van der Waals surface area contributed by atoms with E-state index < -0.39 is 11.9 Å². The van der Waals surface area contributed by atoms with Crippen LogP contribution >= 0.6 is 0 Å². The van der Waals surface area contributed by atoms with Crippen molar-refractivity contribution >= 4 is 17.6 Å². The first-order valence-electron chi connectivity index (χ1n) is 7.91. The van der Waals surface area contributed by atoms with Gasteiger partial charge in [0.1, 0.15) is 6.54 Å². The maximum absolute atomic E-state index is 11.4. The highest BCUT2D eigenvalue weighted by Crippen LogP contribution is 2.40. The van der Waals surface area contributed by atoms with Crippen molar-refractivity contribution < 1.29 is 14.7 Å². The molecule has 1 aromatic carbocycles. The van der Waals surface area contributed by atoms with Gasteiger partial charge in [0, 0.05) is 22.5 Å². The lowest BCUT2D eigenvalue weighted by atomic mass is 9.82. The number of carboxylic acids is 1. The van der Waals surface area contributed by atoms with Crippen molar-refractivity contribution in [3.63, 3.8) is 0 Å². The first-order chi connectivity index (χ1) is 11.5. The zero-order chi connectivity index (χ0) is 17.3. The summed E-state index contributed by atoms with van der Waals surface area (Å²) in [6.45, 7) is -0.00288. The molecule has 1 aliphatic rings. The average Bonchev–Trinajstić information content (AvgIpc) is 2.87. The van der Waals surface area contributed by atoms with Gasteiger partial charge in [-0.3, -0.25) is 14.3 Å². The second-order valence-corrected chi connectivity index (χ2v) is 6.14. The monoisotopic (exact) mass is 328 g/mol. The number of carboxylic acid groups (broad SMARTS) is 1. The number of aromatic nitrogens is 2. The quantitative estimate of drug-likeness (QED) is 0.718. The Morgan fingerprint density at radius 1 is 1.29 bits per heavy atom. The highest BCUT2D eigenvalue weighted by atomic mass is 16.4. The number of fused-ring (bicyclic) bond motifs is 1. The fourth-order valence-corrected chi connectivity index (χ4v) is 3.41. The van der Waals surface area contributed by atoms with Crippen LogP contribution in [0.3, 0.4) is 0 Å². The van der Waals surface area contributed by atoms with Crippen LogP contribution in [0.25, 0.3) is 11.3 Å². The van der Waals surface area contributed by atoms with Crippen LogP contribution in [-0.2, 0) is 22.6 Å². The number of benzene rings is 1. The van der Waals surface area contributed by atoms with Gasteiger partial charge >= 0.3 is 5.97 Å². The Morgan fingerprint density at radius 2 is 2.00 bits per heavy atom. The summed E-state index contributed by atoms with van der Waals surface area (Å²) in [7, 11) is 0. The molecule has 1 unspecified atom stereocenters. The van der Waals surface area contributed by atoms with Crippen LogP contribution in [0.4, 0.5) is 5.69 Å². The van der Waals surface area contributed by atoms with Gasteiger partial charge in [-0.25, -0.2) is 0 Å². The van der Waals surface area contributed by atoms with E-state index in [1.165, 1.54) is 0 Å². The molecule has 5 N–H and O–H groups in total. The molecule has 0 aliphatic heterocycles. The van der Waals surface area contributed by atoms with Crippen LogP contribution in [0.15, 0.2) is 24.3 Å². The Hall–Kier alpha value is -2.83. The van der Waals surface area contributed by atoms with Gasteiger partial charge in [0.15, 0.2) is 0 Å². The van der Waals surface area contributed by atoms with E-state index in [0.717, 1.165) is 41.8 Å². The lowest BCUT2D eigenvalue weighted by Crippen LogP contribution is -2.22. The van der Waals surface area contributed by atoms with E-state index in [2.05, 4.69) is 5.10 Å². The Bertz CT molecular complexity index is 780. The standard InChI is InChI=1S/C17H20N4O3/c18-12-6-4-10(5-7-12)17-16-11(8-15(23)24)2-1-3-13(16)21(20-17)9-14(19)22/h4-7,11H,1-3,8-9,18H2,(H2,19,22)(H,23,24). The number of nitrogen functional groups attached to an aromatic ring is 1. The molecule has 3 rings (SSSR count). The van der Waals surface area contributed by atoms with Crippen LogP contribution in [0.2, 0.25) is 0 Å². The smallest absolute Gasteiger partial charge is 0.303 e. The topological polar surface area (TPSA) is 124 Å². The van der Waals surface area contributed by atoms with Crippen LogP contribution < -0.4 is 11.5 Å². The number of amides is 1. The number of primary amides is 1. The number of nitrogens with zero attached hydrogens (tertiary/aromatic N) is 2. The number of carbonyl (C=O) groups excluding carboxylic acids is 1. The van der Waals surface area contributed by atoms with Crippen LogP contribution in [0.5, 0.6) is 0 Å². The molecule has 0 bridgehead atoms. The second-order valence-electron chi connectivity index (χ2n) is 6.14. The predicted molar refractivity (Wildman–Crippen MR) is 89.2 cm³/mol. The van der Waals surface area contributed by atoms with Crippen molar-refractivity contribution in [3.8, 4) is 11.3 Å². The Labute approximate surface area is 139 Å². The van der Waals surface area contributed by atoms with Crippen molar-refractivity contribution in [2.45, 2.75) is 38.1 Å². The summed E-state index contributed by atoms with van der Waals surface area (Å²) < 4.78 is 1.62. The highest BCUT2D eigenvalue weighted by Gasteiger charge is 2.30. The van der Waals surface area contributed by atoms with Gasteiger partial charge in [0.05, 0.1) is 12.1 Å². The van der Waals surface area contributed by atoms with E-state index in [-0.39, 0.29) is 18.9 Å². The lowest BCUT2D eigenvalue weighted by molar-refractivity contribution is -0.137. The third-order valence-electron chi connectivity index (χ3n) is 4.38. The van der Waals surface area contributed by atoms with E-state index >= 15 is 0 Å². The second kappa shape index (κ2) is 6.35. The lowest BCUT2D eigenvalue weighted by Gasteiger charge is -2.22. The molecule has 0 fully saturated rings. The van der Waals surface area contributed by atoms with Crippen molar-refractivity contribution in [2.24, 2.45) is 5.73 Å². The maximum Gasteiger partial charge on any atom is 0.303 e. The van der Waals surface area contributed by atoms with Gasteiger partial charge in [-0.15, -0.1) is 0 Å². The molecule has 0 saturated carbocycles. The zero-order valence-electron chi connectivity index (χ0n) is 13.2. The van der Waals surface area contributed by atoms with Crippen molar-refractivity contribution in [3.05, 3.63) is 35.5 Å². The number of hydrogen-bond acceptors (Lipinski definition) is 4. The van der Waals surface area contributed by atoms with E-state index in [1.807, 2.05) is 12.1 Å². The number of hydrogen-bond donors (Lipinski definition) is 3. The molecule has 1 heterocycles. The summed E-state index contributed by atoms with van der Waals surface area (Å²) in [6, 6.07) is 7.28. The van der Waals surface area contributed by atoms with Gasteiger partial charge in [0.25, 0.3) is 0 Å². The Morgan fingerprint density at radius 3 is 2.62 bits per heavy atom. The third kappa shape index (κ3) is 3.10. The predicted octanol–water partition coefficient (Wildman–Crippen LogP) is 1.51. The molecule has 2 aromatic rings. The molecule has 24 heavy (non-hydrogen) atoms. The average molecular weight is 328 g/mol. The molecule has 0 saturated heterocycles. The minimum Gasteiger partial charge on any atom is -0.481 e. The number of rotatable bonds is 5. The molecule has 1 aromatic heterocycles. The molecule has 1 amide bonds. The van der Waals surface area contributed by atoms with E-state index in [1.54, 1.807) is 16.8 Å². The van der Waals surface area contributed by atoms with E-state index in [0.29, 0.717) is 5.69 Å². The first kappa shape index (κ1) is 16.0. The highest BCUT2D eigenvalue weighted by molar-refractivity contribution is 5.75. The fraction of sp³-hybridized carbons (Fsp3) is 0.353. The van der Waals surface area contributed by atoms with Gasteiger partial charge in [-0.2, -0.15) is 5.10 Å². The SMILES string of the molecule is NC(=O)Cn1nc(-c2ccc(N)cc2)c2c1CCCC2CC(=O)O. The number of nitrogens with two attached hydrogens (primary N) is 2. The molecular weight excluding hydrogens is 308 g/mol. The molecule has 0 spiro atoms. The number of aliphatic carboxylic acids is 1. The maximum atomic E-state index is 11.4. The normalized spacial score (nSPS) is 16.6. The largest absolute Gasteiger partial charge is 0.481 e. The van der Waals surface area contributed by atoms with Gasteiger partial charge < -0.3 is 16.6 Å². The molecule has 7 heteroatoms. The van der Waals surface area contributed by atoms with Crippen molar-refractivity contribution in [2.75, 3.05) is 5.73 Å². The molecular formula is C17H20N4O3. The summed E-state index contributed by atoms with van der Waals surface area (Å²) in [5.41, 5.74) is 15.1. The van der Waals surface area contributed by atoms with Crippen LogP contribution in [0.1, 0.15) is 36.4 Å². The summed E-state index contributed by atoms with van der Waals surface area (Å²) in [4.78, 5) is 22.6. The summed E-state index contributed by atoms with van der Waals surface area (Å²) in [5.74, 6) is -1.41. The molecule has 0 radical (unpaired) electrons. The Balaban J connectivity index is 2.13. The summed E-state index contributed by atoms with van der Waals surface area (Å²) >= 11 is 0. The number of carbonyl (C=O) groups is 2. The number of anilines is 1. The molecule has 7 nitrogen and oxygen atoms in total. The molecule has 126 valence electrons. The summed E-state index contributed by atoms with van der Waals surface area (Å²) in [5, 5.41) is 13.8. The molecule has 1 aliphatic carbocycles.